The molecular weight excluding hydrogens is 436 g/mol. The second-order valence-electron chi connectivity index (χ2n) is 8.31. The van der Waals surface area contributed by atoms with E-state index in [-0.39, 0.29) is 24.7 Å². The van der Waals surface area contributed by atoms with Gasteiger partial charge in [-0.05, 0) is 67.4 Å². The Morgan fingerprint density at radius 3 is 3.00 bits per heavy atom. The van der Waals surface area contributed by atoms with Crippen LogP contribution in [-0.4, -0.2) is 49.9 Å². The van der Waals surface area contributed by atoms with Gasteiger partial charge in [-0.3, -0.25) is 14.7 Å². The number of cyclic esters (lactones) is 1. The number of rotatable bonds is 8. The summed E-state index contributed by atoms with van der Waals surface area (Å²) in [5, 5.41) is 7.31. The van der Waals surface area contributed by atoms with Crippen molar-refractivity contribution in [2.45, 2.75) is 25.5 Å². The summed E-state index contributed by atoms with van der Waals surface area (Å²) in [4.78, 5) is 30.0. The van der Waals surface area contributed by atoms with Crippen molar-refractivity contribution >= 4 is 34.3 Å². The average molecular weight is 463 g/mol. The predicted molar refractivity (Wildman–Crippen MR) is 127 cm³/mol. The van der Waals surface area contributed by atoms with E-state index in [4.69, 9.17) is 14.2 Å². The summed E-state index contributed by atoms with van der Waals surface area (Å²) in [6.45, 7) is 1.98. The number of benzene rings is 2. The van der Waals surface area contributed by atoms with Crippen molar-refractivity contribution in [2.75, 3.05) is 37.0 Å². The van der Waals surface area contributed by atoms with E-state index in [1.165, 1.54) is 0 Å². The average Bonchev–Trinajstić information content (AvgIpc) is 3.23. The smallest absolute Gasteiger partial charge is 0.414 e. The molecule has 2 amide bonds. The van der Waals surface area contributed by atoms with Gasteiger partial charge in [0.05, 0.1) is 24.9 Å². The van der Waals surface area contributed by atoms with Crippen molar-refractivity contribution in [2.24, 2.45) is 0 Å². The van der Waals surface area contributed by atoms with Crippen molar-refractivity contribution in [1.82, 2.24) is 10.3 Å². The summed E-state index contributed by atoms with van der Waals surface area (Å²) in [6.07, 6.45) is 2.88. The fourth-order valence-corrected chi connectivity index (χ4v) is 4.26. The Balaban J connectivity index is 1.12. The highest BCUT2D eigenvalue weighted by atomic mass is 16.6. The van der Waals surface area contributed by atoms with Gasteiger partial charge in [-0.2, -0.15) is 0 Å². The van der Waals surface area contributed by atoms with Crippen LogP contribution < -0.4 is 25.0 Å². The molecule has 0 bridgehead atoms. The van der Waals surface area contributed by atoms with Gasteiger partial charge < -0.3 is 24.8 Å². The zero-order valence-electron chi connectivity index (χ0n) is 18.9. The monoisotopic (exact) mass is 462 g/mol. The molecule has 3 aromatic rings. The first-order valence-electron chi connectivity index (χ1n) is 11.3. The maximum absolute atomic E-state index is 12.4. The number of pyridine rings is 1. The number of amides is 2. The Morgan fingerprint density at radius 1 is 1.21 bits per heavy atom. The molecule has 2 aliphatic heterocycles. The Bertz CT molecular complexity index is 1230. The van der Waals surface area contributed by atoms with Crippen LogP contribution in [0.25, 0.3) is 10.9 Å². The molecule has 2 aliphatic rings. The highest BCUT2D eigenvalue weighted by Gasteiger charge is 2.32. The van der Waals surface area contributed by atoms with E-state index in [1.54, 1.807) is 30.2 Å². The van der Waals surface area contributed by atoms with Crippen LogP contribution in [0.15, 0.2) is 48.7 Å². The van der Waals surface area contributed by atoms with Gasteiger partial charge in [0.2, 0.25) is 0 Å². The van der Waals surface area contributed by atoms with Gasteiger partial charge in [0.15, 0.2) is 6.61 Å². The molecule has 0 unspecified atom stereocenters. The normalized spacial score (nSPS) is 17.2. The lowest BCUT2D eigenvalue weighted by atomic mass is 10.1. The number of ether oxygens (including phenoxy) is 3. The summed E-state index contributed by atoms with van der Waals surface area (Å²) in [5.41, 5.74) is 3.34. The Morgan fingerprint density at radius 2 is 2.12 bits per heavy atom. The van der Waals surface area contributed by atoms with Gasteiger partial charge in [0.25, 0.3) is 5.91 Å². The van der Waals surface area contributed by atoms with E-state index in [2.05, 4.69) is 15.6 Å². The molecule has 1 saturated heterocycles. The molecular formula is C25H26N4O5. The summed E-state index contributed by atoms with van der Waals surface area (Å²) in [7, 11) is 1.66. The van der Waals surface area contributed by atoms with Crippen LogP contribution in [0.1, 0.15) is 18.4 Å². The molecule has 0 aliphatic carbocycles. The largest absolute Gasteiger partial charge is 0.497 e. The minimum atomic E-state index is -0.377. The van der Waals surface area contributed by atoms with Crippen LogP contribution in [0, 0.1) is 0 Å². The molecule has 0 spiro atoms. The summed E-state index contributed by atoms with van der Waals surface area (Å²) in [6, 6.07) is 13.2. The minimum Gasteiger partial charge on any atom is -0.497 e. The highest BCUT2D eigenvalue weighted by molar-refractivity contribution is 5.97. The molecule has 3 heterocycles. The molecule has 1 atom stereocenters. The maximum Gasteiger partial charge on any atom is 0.414 e. The molecule has 0 radical (unpaired) electrons. The zero-order valence-corrected chi connectivity index (χ0v) is 18.9. The Labute approximate surface area is 197 Å². The topological polar surface area (TPSA) is 102 Å². The van der Waals surface area contributed by atoms with Crippen LogP contribution in [0.2, 0.25) is 0 Å². The fraction of sp³-hybridized carbons (Fsp3) is 0.320. The van der Waals surface area contributed by atoms with Crippen molar-refractivity contribution in [1.29, 1.82) is 0 Å². The van der Waals surface area contributed by atoms with Crippen molar-refractivity contribution in [3.05, 3.63) is 54.2 Å². The number of anilines is 2. The number of nitrogens with one attached hydrogen (secondary N) is 2. The Kier molecular flexibility index (Phi) is 6.18. The molecule has 1 aromatic heterocycles. The van der Waals surface area contributed by atoms with Crippen LogP contribution in [0.5, 0.6) is 11.5 Å². The summed E-state index contributed by atoms with van der Waals surface area (Å²) >= 11 is 0. The second-order valence-corrected chi connectivity index (χ2v) is 8.31. The number of methoxy groups -OCH3 is 1. The van der Waals surface area contributed by atoms with Crippen LogP contribution in [0.3, 0.4) is 0 Å². The molecule has 34 heavy (non-hydrogen) atoms. The second kappa shape index (κ2) is 9.56. The number of aromatic nitrogens is 1. The lowest BCUT2D eigenvalue weighted by Gasteiger charge is -2.20. The molecule has 2 aromatic carbocycles. The molecule has 9 heteroatoms. The van der Waals surface area contributed by atoms with Gasteiger partial charge in [-0.1, -0.05) is 0 Å². The third kappa shape index (κ3) is 4.60. The van der Waals surface area contributed by atoms with E-state index in [1.807, 2.05) is 30.5 Å². The van der Waals surface area contributed by atoms with E-state index >= 15 is 0 Å². The third-order valence-electron chi connectivity index (χ3n) is 6.02. The molecule has 2 N–H and O–H groups in total. The number of hydrogen-bond acceptors (Lipinski definition) is 7. The summed E-state index contributed by atoms with van der Waals surface area (Å²) < 4.78 is 16.3. The fourth-order valence-electron chi connectivity index (χ4n) is 4.26. The predicted octanol–water partition coefficient (Wildman–Crippen LogP) is 3.47. The van der Waals surface area contributed by atoms with Gasteiger partial charge in [-0.15, -0.1) is 0 Å². The lowest BCUT2D eigenvalue weighted by Crippen LogP contribution is -2.27. The van der Waals surface area contributed by atoms with Crippen LogP contribution in [0.4, 0.5) is 16.2 Å². The van der Waals surface area contributed by atoms with Gasteiger partial charge >= 0.3 is 6.09 Å². The van der Waals surface area contributed by atoms with Gasteiger partial charge in [0, 0.05) is 23.8 Å². The first-order chi connectivity index (χ1) is 16.6. The molecule has 1 fully saturated rings. The van der Waals surface area contributed by atoms with E-state index in [0.717, 1.165) is 41.6 Å². The first kappa shape index (κ1) is 22.0. The van der Waals surface area contributed by atoms with Gasteiger partial charge in [0.1, 0.15) is 17.6 Å². The van der Waals surface area contributed by atoms with Crippen LogP contribution >= 0.6 is 0 Å². The standard InChI is InChI=1S/C25H26N4O5/c1-32-18-5-6-21-20(12-18)16(8-10-27-21)13-26-9-2-3-19-14-29(25(31)34-19)17-4-7-23-22(11-17)28-24(30)15-33-23/h4-8,10-12,19,26H,2-3,9,13-15H2,1H3,(H,28,30)/t19-/m0/s1. The lowest BCUT2D eigenvalue weighted by molar-refractivity contribution is -0.118. The Hall–Kier alpha value is -3.85. The molecule has 9 nitrogen and oxygen atoms in total. The van der Waals surface area contributed by atoms with E-state index in [0.29, 0.717) is 30.2 Å². The number of hydrogen-bond donors (Lipinski definition) is 2. The summed E-state index contributed by atoms with van der Waals surface area (Å²) in [5.74, 6) is 1.19. The minimum absolute atomic E-state index is 0.000208. The SMILES string of the molecule is COc1ccc2nccc(CNCCC[C@H]3CN(c4ccc5c(c4)NC(=O)CO5)C(=O)O3)c2c1. The quantitative estimate of drug-likeness (QED) is 0.494. The van der Waals surface area contributed by atoms with E-state index < -0.39 is 0 Å². The van der Waals surface area contributed by atoms with E-state index in [9.17, 15) is 9.59 Å². The molecule has 176 valence electrons. The highest BCUT2D eigenvalue weighted by Crippen LogP contribution is 2.33. The maximum atomic E-state index is 12.4. The number of nitrogens with zero attached hydrogens (tertiary/aromatic N) is 2. The molecule has 0 saturated carbocycles. The zero-order chi connectivity index (χ0) is 23.5. The first-order valence-corrected chi connectivity index (χ1v) is 11.3. The number of carbonyl (C=O) groups excluding carboxylic acids is 2. The van der Waals surface area contributed by atoms with Crippen LogP contribution in [-0.2, 0) is 16.1 Å². The molecule has 5 rings (SSSR count). The number of fused-ring (bicyclic) bond motifs is 2. The van der Waals surface area contributed by atoms with Crippen molar-refractivity contribution < 1.29 is 23.8 Å². The van der Waals surface area contributed by atoms with Gasteiger partial charge in [-0.25, -0.2) is 4.79 Å². The van der Waals surface area contributed by atoms with Crippen molar-refractivity contribution in [3.8, 4) is 11.5 Å². The number of carbonyl (C=O) groups is 2. The third-order valence-corrected chi connectivity index (χ3v) is 6.02. The van der Waals surface area contributed by atoms with Crippen molar-refractivity contribution in [3.63, 3.8) is 0 Å².